The van der Waals surface area contributed by atoms with Crippen molar-refractivity contribution in [2.24, 2.45) is 11.8 Å². The van der Waals surface area contributed by atoms with Gasteiger partial charge in [-0.3, -0.25) is 0 Å². The summed E-state index contributed by atoms with van der Waals surface area (Å²) in [7, 11) is 0. The maximum absolute atomic E-state index is 8.85. The molecule has 1 aliphatic carbocycles. The lowest BCUT2D eigenvalue weighted by Crippen LogP contribution is -2.00. The molecule has 1 nitrogen and oxygen atoms in total. The van der Waals surface area contributed by atoms with Crippen LogP contribution in [0.4, 0.5) is 0 Å². The highest BCUT2D eigenvalue weighted by Gasteiger charge is 2.22. The van der Waals surface area contributed by atoms with Gasteiger partial charge in [0.25, 0.3) is 0 Å². The Balaban J connectivity index is 2.15. The van der Waals surface area contributed by atoms with E-state index in [-0.39, 0.29) is 0 Å². The average molecular weight is 142 g/mol. The lowest BCUT2D eigenvalue weighted by molar-refractivity contribution is 0.225. The monoisotopic (exact) mass is 142 g/mol. The van der Waals surface area contributed by atoms with E-state index in [9.17, 15) is 0 Å². The van der Waals surface area contributed by atoms with Gasteiger partial charge in [0.1, 0.15) is 0 Å². The fourth-order valence-electron chi connectivity index (χ4n) is 2.01. The smallest absolute Gasteiger partial charge is 0.0459 e. The van der Waals surface area contributed by atoms with Crippen LogP contribution in [0, 0.1) is 11.8 Å². The summed E-state index contributed by atoms with van der Waals surface area (Å²) in [6.07, 6.45) is 6.59. The SMILES string of the molecule is CCC[C@@H]1CC[C@H](CO)C1. The molecule has 0 aliphatic heterocycles. The molecular formula is C9H18O. The van der Waals surface area contributed by atoms with Gasteiger partial charge in [0.2, 0.25) is 0 Å². The maximum Gasteiger partial charge on any atom is 0.0459 e. The first-order chi connectivity index (χ1) is 4.86. The first-order valence-electron chi connectivity index (χ1n) is 4.47. The van der Waals surface area contributed by atoms with Crippen molar-refractivity contribution in [2.45, 2.75) is 39.0 Å². The molecule has 10 heavy (non-hydrogen) atoms. The summed E-state index contributed by atoms with van der Waals surface area (Å²) in [6.45, 7) is 2.66. The Hall–Kier alpha value is -0.0400. The van der Waals surface area contributed by atoms with Crippen molar-refractivity contribution in [3.63, 3.8) is 0 Å². The minimum atomic E-state index is 0.417. The Morgan fingerprint density at radius 1 is 1.30 bits per heavy atom. The van der Waals surface area contributed by atoms with Gasteiger partial charge in [-0.15, -0.1) is 0 Å². The standard InChI is InChI=1S/C9H18O/c1-2-3-8-4-5-9(6-8)7-10/h8-10H,2-7H2,1H3/t8-,9+/m1/s1. The summed E-state index contributed by atoms with van der Waals surface area (Å²) < 4.78 is 0. The van der Waals surface area contributed by atoms with Crippen molar-refractivity contribution in [1.82, 2.24) is 0 Å². The quantitative estimate of drug-likeness (QED) is 0.640. The van der Waals surface area contributed by atoms with Crippen molar-refractivity contribution in [3.8, 4) is 0 Å². The summed E-state index contributed by atoms with van der Waals surface area (Å²) in [4.78, 5) is 0. The van der Waals surface area contributed by atoms with Crippen LogP contribution in [0.3, 0.4) is 0 Å². The number of rotatable bonds is 3. The summed E-state index contributed by atoms with van der Waals surface area (Å²) >= 11 is 0. The third-order valence-electron chi connectivity index (χ3n) is 2.60. The molecular weight excluding hydrogens is 124 g/mol. The van der Waals surface area contributed by atoms with Gasteiger partial charge >= 0.3 is 0 Å². The highest BCUT2D eigenvalue weighted by molar-refractivity contribution is 4.74. The number of aliphatic hydroxyl groups is 1. The molecule has 1 saturated carbocycles. The summed E-state index contributed by atoms with van der Waals surface area (Å²) in [5.41, 5.74) is 0. The van der Waals surface area contributed by atoms with E-state index in [1.807, 2.05) is 0 Å². The number of hydrogen-bond donors (Lipinski definition) is 1. The van der Waals surface area contributed by atoms with Crippen LogP contribution in [0.15, 0.2) is 0 Å². The van der Waals surface area contributed by atoms with Crippen LogP contribution in [0.25, 0.3) is 0 Å². The van der Waals surface area contributed by atoms with Gasteiger partial charge in [0.05, 0.1) is 0 Å². The van der Waals surface area contributed by atoms with Crippen molar-refractivity contribution < 1.29 is 5.11 Å². The molecule has 0 radical (unpaired) electrons. The fraction of sp³-hybridized carbons (Fsp3) is 1.00. The first kappa shape index (κ1) is 8.06. The van der Waals surface area contributed by atoms with Gasteiger partial charge in [0.15, 0.2) is 0 Å². The molecule has 60 valence electrons. The largest absolute Gasteiger partial charge is 0.396 e. The highest BCUT2D eigenvalue weighted by Crippen LogP contribution is 2.33. The molecule has 0 bridgehead atoms. The molecule has 1 fully saturated rings. The minimum absolute atomic E-state index is 0.417. The first-order valence-corrected chi connectivity index (χ1v) is 4.47. The summed E-state index contributed by atoms with van der Waals surface area (Å²) in [6, 6.07) is 0. The van der Waals surface area contributed by atoms with Gasteiger partial charge in [-0.2, -0.15) is 0 Å². The Morgan fingerprint density at radius 2 is 2.00 bits per heavy atom. The molecule has 0 unspecified atom stereocenters. The molecule has 0 aromatic carbocycles. The van der Waals surface area contributed by atoms with Crippen molar-refractivity contribution >= 4 is 0 Å². The second-order valence-corrected chi connectivity index (χ2v) is 3.52. The van der Waals surface area contributed by atoms with E-state index < -0.39 is 0 Å². The van der Waals surface area contributed by atoms with E-state index in [1.165, 1.54) is 32.1 Å². The molecule has 1 N–H and O–H groups in total. The van der Waals surface area contributed by atoms with Gasteiger partial charge in [-0.05, 0) is 24.7 Å². The molecule has 1 aliphatic rings. The van der Waals surface area contributed by atoms with Crippen molar-refractivity contribution in [3.05, 3.63) is 0 Å². The Bertz CT molecular complexity index is 90.7. The lowest BCUT2D eigenvalue weighted by atomic mass is 10.0. The number of aliphatic hydroxyl groups excluding tert-OH is 1. The molecule has 0 amide bonds. The van der Waals surface area contributed by atoms with Crippen LogP contribution in [-0.2, 0) is 0 Å². The third-order valence-corrected chi connectivity index (χ3v) is 2.60. The molecule has 0 spiro atoms. The van der Waals surface area contributed by atoms with Crippen molar-refractivity contribution in [1.29, 1.82) is 0 Å². The molecule has 2 atom stereocenters. The molecule has 0 heterocycles. The summed E-state index contributed by atoms with van der Waals surface area (Å²) in [5, 5.41) is 8.85. The van der Waals surface area contributed by atoms with Crippen LogP contribution in [-0.4, -0.2) is 11.7 Å². The lowest BCUT2D eigenvalue weighted by Gasteiger charge is -2.06. The van der Waals surface area contributed by atoms with E-state index in [0.29, 0.717) is 12.5 Å². The molecule has 1 rings (SSSR count). The third kappa shape index (κ3) is 1.98. The molecule has 0 saturated heterocycles. The minimum Gasteiger partial charge on any atom is -0.396 e. The van der Waals surface area contributed by atoms with Gasteiger partial charge < -0.3 is 5.11 Å². The zero-order chi connectivity index (χ0) is 7.40. The highest BCUT2D eigenvalue weighted by atomic mass is 16.3. The molecule has 1 heteroatoms. The normalized spacial score (nSPS) is 33.0. The number of hydrogen-bond acceptors (Lipinski definition) is 1. The van der Waals surface area contributed by atoms with Crippen LogP contribution in [0.5, 0.6) is 0 Å². The Morgan fingerprint density at radius 3 is 2.50 bits per heavy atom. The van der Waals surface area contributed by atoms with Gasteiger partial charge in [-0.25, -0.2) is 0 Å². The Kier molecular flexibility index (Phi) is 3.20. The van der Waals surface area contributed by atoms with Gasteiger partial charge in [-0.1, -0.05) is 26.2 Å². The van der Waals surface area contributed by atoms with E-state index >= 15 is 0 Å². The predicted molar refractivity (Wildman–Crippen MR) is 42.8 cm³/mol. The van der Waals surface area contributed by atoms with E-state index in [1.54, 1.807) is 0 Å². The molecule has 0 aromatic rings. The summed E-state index contributed by atoms with van der Waals surface area (Å²) in [5.74, 6) is 1.57. The fourth-order valence-corrected chi connectivity index (χ4v) is 2.01. The van der Waals surface area contributed by atoms with Crippen LogP contribution in [0.2, 0.25) is 0 Å². The average Bonchev–Trinajstić information content (AvgIpc) is 2.37. The zero-order valence-electron chi connectivity index (χ0n) is 6.84. The van der Waals surface area contributed by atoms with Gasteiger partial charge in [0, 0.05) is 6.61 Å². The van der Waals surface area contributed by atoms with Crippen LogP contribution in [0.1, 0.15) is 39.0 Å². The van der Waals surface area contributed by atoms with E-state index in [2.05, 4.69) is 6.92 Å². The topological polar surface area (TPSA) is 20.2 Å². The predicted octanol–water partition coefficient (Wildman–Crippen LogP) is 2.20. The van der Waals surface area contributed by atoms with E-state index in [4.69, 9.17) is 5.11 Å². The maximum atomic E-state index is 8.85. The van der Waals surface area contributed by atoms with Crippen LogP contribution >= 0.6 is 0 Å². The van der Waals surface area contributed by atoms with Crippen molar-refractivity contribution in [2.75, 3.05) is 6.61 Å². The van der Waals surface area contributed by atoms with Crippen LogP contribution < -0.4 is 0 Å². The second kappa shape index (κ2) is 3.97. The van der Waals surface area contributed by atoms with E-state index in [0.717, 1.165) is 5.92 Å². The Labute approximate surface area is 63.4 Å². The second-order valence-electron chi connectivity index (χ2n) is 3.52. The zero-order valence-corrected chi connectivity index (χ0v) is 6.84. The molecule has 0 aromatic heterocycles.